The maximum absolute atomic E-state index is 12.3. The molecule has 0 aliphatic carbocycles. The molecule has 0 saturated heterocycles. The van der Waals surface area contributed by atoms with Gasteiger partial charge in [0.1, 0.15) is 4.90 Å². The molecule has 0 atom stereocenters. The van der Waals surface area contributed by atoms with Gasteiger partial charge in [-0.05, 0) is 41.1 Å². The van der Waals surface area contributed by atoms with Gasteiger partial charge in [-0.2, -0.15) is 0 Å². The zero-order valence-electron chi connectivity index (χ0n) is 10.9. The maximum atomic E-state index is 12.3. The maximum Gasteiger partial charge on any atom is 0.274 e. The molecule has 110 valence electrons. The van der Waals surface area contributed by atoms with Gasteiger partial charge in [0.25, 0.3) is 15.7 Å². The number of anilines is 1. The SMILES string of the molecule is Cc1ccc(NS(=O)(=O)c2ccccc2Br)cc1[N+](=O)[O-]. The monoisotopic (exact) mass is 370 g/mol. The fourth-order valence-electron chi connectivity index (χ4n) is 1.74. The molecule has 0 spiro atoms. The first-order valence-electron chi connectivity index (χ1n) is 5.83. The van der Waals surface area contributed by atoms with Crippen LogP contribution in [0.1, 0.15) is 5.56 Å². The van der Waals surface area contributed by atoms with Crippen LogP contribution in [0.25, 0.3) is 0 Å². The molecule has 0 aliphatic heterocycles. The van der Waals surface area contributed by atoms with Crippen LogP contribution in [-0.4, -0.2) is 13.3 Å². The van der Waals surface area contributed by atoms with E-state index in [1.165, 1.54) is 24.3 Å². The summed E-state index contributed by atoms with van der Waals surface area (Å²) in [6, 6.07) is 10.5. The van der Waals surface area contributed by atoms with Crippen LogP contribution in [0.3, 0.4) is 0 Å². The molecule has 0 bridgehead atoms. The summed E-state index contributed by atoms with van der Waals surface area (Å²) in [6.45, 7) is 1.59. The quantitative estimate of drug-likeness (QED) is 0.658. The Balaban J connectivity index is 2.40. The van der Waals surface area contributed by atoms with Crippen molar-refractivity contribution in [3.05, 3.63) is 62.6 Å². The highest BCUT2D eigenvalue weighted by atomic mass is 79.9. The van der Waals surface area contributed by atoms with Gasteiger partial charge in [0.2, 0.25) is 0 Å². The highest BCUT2D eigenvalue weighted by Gasteiger charge is 2.19. The van der Waals surface area contributed by atoms with Gasteiger partial charge < -0.3 is 0 Å². The van der Waals surface area contributed by atoms with Gasteiger partial charge in [0.05, 0.1) is 10.6 Å². The Bertz CT molecular complexity index is 806. The van der Waals surface area contributed by atoms with E-state index in [1.54, 1.807) is 25.1 Å². The van der Waals surface area contributed by atoms with E-state index in [0.29, 0.717) is 10.0 Å². The molecule has 21 heavy (non-hydrogen) atoms. The predicted molar refractivity (Wildman–Crippen MR) is 82.8 cm³/mol. The normalized spacial score (nSPS) is 11.1. The standard InChI is InChI=1S/C13H11BrN2O4S/c1-9-6-7-10(8-12(9)16(17)18)15-21(19,20)13-5-3-2-4-11(13)14/h2-8,15H,1H3. The number of halogens is 1. The van der Waals surface area contributed by atoms with Crippen molar-refractivity contribution in [2.24, 2.45) is 0 Å². The van der Waals surface area contributed by atoms with Crippen LogP contribution >= 0.6 is 15.9 Å². The minimum absolute atomic E-state index is 0.0632. The van der Waals surface area contributed by atoms with Crippen LogP contribution in [0, 0.1) is 17.0 Å². The molecular formula is C13H11BrN2O4S. The van der Waals surface area contributed by atoms with Crippen molar-refractivity contribution >= 4 is 37.3 Å². The molecule has 8 heteroatoms. The summed E-state index contributed by atoms with van der Waals surface area (Å²) in [7, 11) is -3.82. The molecule has 0 amide bonds. The van der Waals surface area contributed by atoms with Gasteiger partial charge in [-0.25, -0.2) is 8.42 Å². The molecule has 6 nitrogen and oxygen atoms in total. The molecule has 0 heterocycles. The third kappa shape index (κ3) is 3.40. The highest BCUT2D eigenvalue weighted by Crippen LogP contribution is 2.27. The molecule has 0 radical (unpaired) electrons. The summed E-state index contributed by atoms with van der Waals surface area (Å²) in [5, 5.41) is 10.9. The lowest BCUT2D eigenvalue weighted by Crippen LogP contribution is -2.13. The predicted octanol–water partition coefficient (Wildman–Crippen LogP) is 3.47. The molecule has 2 rings (SSSR count). The Morgan fingerprint density at radius 2 is 1.86 bits per heavy atom. The lowest BCUT2D eigenvalue weighted by atomic mass is 10.2. The molecule has 2 aromatic carbocycles. The zero-order valence-corrected chi connectivity index (χ0v) is 13.3. The number of hydrogen-bond acceptors (Lipinski definition) is 4. The van der Waals surface area contributed by atoms with Crippen LogP contribution in [0.2, 0.25) is 0 Å². The van der Waals surface area contributed by atoms with E-state index in [1.807, 2.05) is 0 Å². The van der Waals surface area contributed by atoms with Crippen LogP contribution in [0.15, 0.2) is 51.8 Å². The second-order valence-electron chi connectivity index (χ2n) is 4.29. The minimum atomic E-state index is -3.82. The smallest absolute Gasteiger partial charge is 0.274 e. The first-order valence-corrected chi connectivity index (χ1v) is 8.11. The number of nitrogens with one attached hydrogen (secondary N) is 1. The van der Waals surface area contributed by atoms with Crippen molar-refractivity contribution < 1.29 is 13.3 Å². The number of rotatable bonds is 4. The second kappa shape index (κ2) is 5.82. The van der Waals surface area contributed by atoms with Crippen molar-refractivity contribution in [1.82, 2.24) is 0 Å². The molecular weight excluding hydrogens is 360 g/mol. The first kappa shape index (κ1) is 15.5. The molecule has 0 unspecified atom stereocenters. The largest absolute Gasteiger partial charge is 0.279 e. The number of hydrogen-bond donors (Lipinski definition) is 1. The lowest BCUT2D eigenvalue weighted by molar-refractivity contribution is -0.385. The molecule has 0 aromatic heterocycles. The van der Waals surface area contributed by atoms with E-state index in [2.05, 4.69) is 20.7 Å². The van der Waals surface area contributed by atoms with Gasteiger partial charge in [-0.15, -0.1) is 0 Å². The third-order valence-electron chi connectivity index (χ3n) is 2.78. The lowest BCUT2D eigenvalue weighted by Gasteiger charge is -2.10. The fraction of sp³-hybridized carbons (Fsp3) is 0.0769. The number of nitro groups is 1. The minimum Gasteiger partial charge on any atom is -0.279 e. The van der Waals surface area contributed by atoms with E-state index >= 15 is 0 Å². The van der Waals surface area contributed by atoms with E-state index < -0.39 is 14.9 Å². The zero-order chi connectivity index (χ0) is 15.6. The number of benzene rings is 2. The fourth-order valence-corrected chi connectivity index (χ4v) is 3.80. The number of aryl methyl sites for hydroxylation is 1. The average molecular weight is 371 g/mol. The Morgan fingerprint density at radius 3 is 2.48 bits per heavy atom. The average Bonchev–Trinajstić information content (AvgIpc) is 2.40. The summed E-state index contributed by atoms with van der Waals surface area (Å²) >= 11 is 3.17. The summed E-state index contributed by atoms with van der Waals surface area (Å²) in [6.07, 6.45) is 0. The Kier molecular flexibility index (Phi) is 4.29. The van der Waals surface area contributed by atoms with Gasteiger partial charge >= 0.3 is 0 Å². The van der Waals surface area contributed by atoms with Crippen molar-refractivity contribution in [2.75, 3.05) is 4.72 Å². The number of nitrogens with zero attached hydrogens (tertiary/aromatic N) is 1. The van der Waals surface area contributed by atoms with Crippen molar-refractivity contribution in [1.29, 1.82) is 0 Å². The summed E-state index contributed by atoms with van der Waals surface area (Å²) < 4.78 is 27.3. The summed E-state index contributed by atoms with van der Waals surface area (Å²) in [5.74, 6) is 0. The van der Waals surface area contributed by atoms with Gasteiger partial charge in [-0.3, -0.25) is 14.8 Å². The van der Waals surface area contributed by atoms with Crippen LogP contribution in [0.4, 0.5) is 11.4 Å². The van der Waals surface area contributed by atoms with E-state index in [9.17, 15) is 18.5 Å². The Labute approximate surface area is 130 Å². The summed E-state index contributed by atoms with van der Waals surface area (Å²) in [4.78, 5) is 10.4. The highest BCUT2D eigenvalue weighted by molar-refractivity contribution is 9.10. The Morgan fingerprint density at radius 1 is 1.19 bits per heavy atom. The van der Waals surface area contributed by atoms with Crippen LogP contribution in [0.5, 0.6) is 0 Å². The van der Waals surface area contributed by atoms with Gasteiger partial charge in [-0.1, -0.05) is 18.2 Å². The van der Waals surface area contributed by atoms with E-state index in [4.69, 9.17) is 0 Å². The van der Waals surface area contributed by atoms with Crippen LogP contribution < -0.4 is 4.72 Å². The van der Waals surface area contributed by atoms with Crippen molar-refractivity contribution in [3.8, 4) is 0 Å². The second-order valence-corrected chi connectivity index (χ2v) is 6.80. The molecule has 0 saturated carbocycles. The van der Waals surface area contributed by atoms with Crippen molar-refractivity contribution in [3.63, 3.8) is 0 Å². The molecule has 2 aromatic rings. The molecule has 0 fully saturated rings. The topological polar surface area (TPSA) is 89.3 Å². The van der Waals surface area contributed by atoms with Gasteiger partial charge in [0.15, 0.2) is 0 Å². The van der Waals surface area contributed by atoms with Gasteiger partial charge in [0, 0.05) is 16.1 Å². The number of nitro benzene ring substituents is 1. The third-order valence-corrected chi connectivity index (χ3v) is 5.18. The van der Waals surface area contributed by atoms with Crippen molar-refractivity contribution in [2.45, 2.75) is 11.8 Å². The van der Waals surface area contributed by atoms with E-state index in [-0.39, 0.29) is 16.3 Å². The first-order chi connectivity index (χ1) is 9.81. The summed E-state index contributed by atoms with van der Waals surface area (Å²) in [5.41, 5.74) is 0.467. The van der Waals surface area contributed by atoms with Crippen LogP contribution in [-0.2, 0) is 10.0 Å². The molecule has 0 aliphatic rings. The Hall–Kier alpha value is -1.93. The number of sulfonamides is 1. The molecule has 1 N–H and O–H groups in total. The van der Waals surface area contributed by atoms with E-state index in [0.717, 1.165) is 0 Å².